The van der Waals surface area contributed by atoms with Crippen molar-refractivity contribution in [2.24, 2.45) is 0 Å². The third kappa shape index (κ3) is 9.36. The van der Waals surface area contributed by atoms with Crippen molar-refractivity contribution in [3.8, 4) is 0 Å². The minimum absolute atomic E-state index is 0.0393. The van der Waals surface area contributed by atoms with Gasteiger partial charge in [0, 0.05) is 101 Å². The summed E-state index contributed by atoms with van der Waals surface area (Å²) in [6.45, 7) is -30.2. The Hall–Kier alpha value is 0.600. The molecule has 0 aromatic heterocycles. The fraction of sp³-hybridized carbons (Fsp3) is 0.727. The molecule has 2 fully saturated rings. The number of hydrogen-bond acceptors (Lipinski definition) is 4. The lowest BCUT2D eigenvalue weighted by molar-refractivity contribution is 0.148. The first-order valence-corrected chi connectivity index (χ1v) is 13.6. The zero-order valence-electron chi connectivity index (χ0n) is 46.8. The van der Waals surface area contributed by atoms with Gasteiger partial charge in [0.15, 0.2) is 0 Å². The highest BCUT2D eigenvalue weighted by Gasteiger charge is 2.43. The minimum atomic E-state index is -6.13. The van der Waals surface area contributed by atoms with E-state index in [1.54, 1.807) is 6.07 Å². The van der Waals surface area contributed by atoms with E-state index >= 15 is 0 Å². The largest absolute Gasteiger partial charge is 0.346 e. The standard InChI is InChI=1S/C15H23Cl2N2O2P.C7H15Cl2N2O2P/c1-14(15-6-3-2-4-7-15)19-10-5-13-21-22(19,20)18(11-8-16)12-9-17;8-2-5-11(6-3-9)14(12)10-4-1-7-13-14/h2-4,6-7,14H,5,8-13H2,1H3;1-7H2,(H,10,12)/i5D2,8D2,9D2,10D2,11D2,12D2,13D2;1D2,2D2,3D2,4D2,5D2,6D2,7D2/hD. The molecule has 1 aromatic carbocycles. The molecule has 14 heteroatoms. The normalized spacial score (nSPS) is 50.0. The fourth-order valence-electron chi connectivity index (χ4n) is 2.36. The molecule has 208 valence electrons. The smallest absolute Gasteiger partial charge is 0.306 e. The van der Waals surface area contributed by atoms with Gasteiger partial charge in [0.1, 0.15) is 1.41 Å². The summed E-state index contributed by atoms with van der Waals surface area (Å²) in [6.07, 6.45) is -7.34. The molecule has 8 nitrogen and oxygen atoms in total. The van der Waals surface area contributed by atoms with E-state index in [4.69, 9.17) is 90.7 Å². The van der Waals surface area contributed by atoms with E-state index in [2.05, 4.69) is 4.52 Å². The second-order valence-corrected chi connectivity index (χ2v) is 10.3. The molecule has 2 heterocycles. The van der Waals surface area contributed by atoms with Crippen LogP contribution in [0.3, 0.4) is 0 Å². The number of alkyl halides is 4. The second-order valence-electron chi connectivity index (χ2n) is 5.82. The van der Waals surface area contributed by atoms with E-state index < -0.39 is 124 Å². The van der Waals surface area contributed by atoms with Crippen molar-refractivity contribution < 1.29 is 58.0 Å². The minimum Gasteiger partial charge on any atom is -0.306 e. The Morgan fingerprint density at radius 2 is 1.56 bits per heavy atom. The van der Waals surface area contributed by atoms with Crippen LogP contribution in [0.5, 0.6) is 0 Å². The Balaban J connectivity index is 0.000000458. The molecule has 2 saturated heterocycles. The lowest BCUT2D eigenvalue weighted by Gasteiger charge is -2.43. The van der Waals surface area contributed by atoms with Gasteiger partial charge in [-0.15, -0.1) is 46.4 Å². The quantitative estimate of drug-likeness (QED) is 0.210. The van der Waals surface area contributed by atoms with Crippen molar-refractivity contribution >= 4 is 61.7 Å². The molecule has 1 N–H and O–H groups in total. The third-order valence-electron chi connectivity index (χ3n) is 3.85. The van der Waals surface area contributed by atoms with Crippen LogP contribution in [0.25, 0.3) is 0 Å². The molecule has 1 aromatic rings. The summed E-state index contributed by atoms with van der Waals surface area (Å²) in [7, 11) is -12.2. The summed E-state index contributed by atoms with van der Waals surface area (Å²) in [5, 5.41) is -0.914. The molecule has 0 radical (unpaired) electrons. The number of benzene rings is 1. The van der Waals surface area contributed by atoms with E-state index in [1.807, 2.05) is 0 Å². The first-order chi connectivity index (χ1) is 27.9. The molecular formula is C22H38Cl4N4O4P2. The predicted octanol–water partition coefficient (Wildman–Crippen LogP) is 6.24. The highest BCUT2D eigenvalue weighted by atomic mass is 35.5. The number of rotatable bonds is 12. The van der Waals surface area contributed by atoms with Gasteiger partial charge in [-0.3, -0.25) is 9.13 Å². The van der Waals surface area contributed by atoms with Crippen molar-refractivity contribution in [1.82, 2.24) is 19.1 Å². The number of halogens is 4. The van der Waals surface area contributed by atoms with Crippen LogP contribution in [0.1, 0.15) is 69.7 Å². The maximum Gasteiger partial charge on any atom is 0.346 e. The summed E-state index contributed by atoms with van der Waals surface area (Å²) in [5.41, 5.74) is 0.118. The molecule has 0 spiro atoms. The van der Waals surface area contributed by atoms with Gasteiger partial charge in [-0.1, -0.05) is 30.3 Å². The second kappa shape index (κ2) is 17.3. The van der Waals surface area contributed by atoms with Gasteiger partial charge in [0.2, 0.25) is 0 Å². The lowest BCUT2D eigenvalue weighted by atomic mass is 10.1. The third-order valence-corrected chi connectivity index (χ3v) is 7.60. The zero-order chi connectivity index (χ0) is 52.4. The van der Waals surface area contributed by atoms with Crippen molar-refractivity contribution in [2.75, 3.05) is 75.4 Å². The fourth-order valence-corrected chi connectivity index (χ4v) is 5.47. The summed E-state index contributed by atoms with van der Waals surface area (Å²) in [6, 6.07) is 5.68. The van der Waals surface area contributed by atoms with Crippen LogP contribution < -0.4 is 5.08 Å². The van der Waals surface area contributed by atoms with Gasteiger partial charge in [0.25, 0.3) is 0 Å². The van der Waals surface area contributed by atoms with Gasteiger partial charge >= 0.3 is 15.3 Å². The van der Waals surface area contributed by atoms with Crippen LogP contribution in [0.4, 0.5) is 0 Å². The highest BCUT2D eigenvalue weighted by molar-refractivity contribution is 7.54. The average Bonchev–Trinajstić information content (AvgIpc) is 3.04. The van der Waals surface area contributed by atoms with Crippen LogP contribution >= 0.6 is 61.7 Å². The molecule has 0 aliphatic carbocycles. The summed E-state index contributed by atoms with van der Waals surface area (Å²) < 4.78 is 263. The van der Waals surface area contributed by atoms with Crippen molar-refractivity contribution in [3.63, 3.8) is 0 Å². The van der Waals surface area contributed by atoms with Gasteiger partial charge in [-0.2, -0.15) is 0 Å². The summed E-state index contributed by atoms with van der Waals surface area (Å²) in [4.78, 5) is 0. The number of nitrogens with one attached hydrogen (secondary N) is 1. The Bertz CT molecular complexity index is 1950. The Morgan fingerprint density at radius 3 is 2.14 bits per heavy atom. The highest BCUT2D eigenvalue weighted by Crippen LogP contribution is 2.59. The Labute approximate surface area is 276 Å². The van der Waals surface area contributed by atoms with Gasteiger partial charge in [-0.25, -0.2) is 19.1 Å². The summed E-state index contributed by atoms with van der Waals surface area (Å²) >= 11 is 21.6. The van der Waals surface area contributed by atoms with Gasteiger partial charge < -0.3 is 9.05 Å². The topological polar surface area (TPSA) is 74.4 Å². The first kappa shape index (κ1) is 10.5. The summed E-state index contributed by atoms with van der Waals surface area (Å²) in [5.74, 6) is -14.7. The maximum atomic E-state index is 14.6. The van der Waals surface area contributed by atoms with E-state index in [1.165, 1.54) is 24.3 Å². The van der Waals surface area contributed by atoms with E-state index in [0.29, 0.717) is 0 Å². The van der Waals surface area contributed by atoms with Crippen molar-refractivity contribution in [1.29, 1.82) is 0 Å². The maximum absolute atomic E-state index is 14.6. The van der Waals surface area contributed by atoms with Crippen LogP contribution in [-0.4, -0.2) is 89.4 Å². The Morgan fingerprint density at radius 1 is 1.00 bits per heavy atom. The molecule has 36 heavy (non-hydrogen) atoms. The molecule has 0 amide bonds. The van der Waals surface area contributed by atoms with Crippen molar-refractivity contribution in [2.45, 2.75) is 25.7 Å². The average molecular weight is 656 g/mol. The molecule has 0 saturated carbocycles. The SMILES string of the molecule is [2H]C([2H])(Cl)C([2H])([2H])N(C([2H])([2H])C([2H])([2H])Cl)P1(=O)OC([2H])([2H])C([2H])([2H])C([2H])([2H])N1C(C)c1ccccc1.[2H]N1C([2H])([2H])C([2H])([2H])C([2H])([2H])OP1(=O)N(C([2H])([2H])C([2H])([2H])Cl)C([2H])([2H])C([2H])([2H])Cl. The molecule has 0 bridgehead atoms. The van der Waals surface area contributed by atoms with E-state index in [0.717, 1.165) is 6.92 Å². The predicted molar refractivity (Wildman–Crippen MR) is 152 cm³/mol. The van der Waals surface area contributed by atoms with Crippen LogP contribution in [-0.2, 0) is 18.2 Å². The van der Waals surface area contributed by atoms with Gasteiger partial charge in [0.05, 0.1) is 18.6 Å². The van der Waals surface area contributed by atoms with Crippen LogP contribution in [0.15, 0.2) is 30.3 Å². The molecule has 2 aliphatic rings. The van der Waals surface area contributed by atoms with Gasteiger partial charge in [-0.05, 0) is 25.2 Å². The molecule has 3 atom stereocenters. The molecule has 3 rings (SSSR count). The van der Waals surface area contributed by atoms with E-state index in [-0.39, 0.29) is 10.2 Å². The lowest BCUT2D eigenvalue weighted by Crippen LogP contribution is -2.40. The van der Waals surface area contributed by atoms with Crippen LogP contribution in [0.2, 0.25) is 1.41 Å². The molecule has 2 aliphatic heterocycles. The monoisotopic (exact) mass is 653 g/mol. The van der Waals surface area contributed by atoms with Crippen LogP contribution in [0, 0.1) is 0 Å². The zero-order valence-corrected chi connectivity index (χ0v) is 22.6. The molecular weight excluding hydrogens is 588 g/mol. The van der Waals surface area contributed by atoms with E-state index in [9.17, 15) is 9.13 Å². The number of hydrogen-bond donors (Lipinski definition) is 1. The number of nitrogens with zero attached hydrogens (tertiary/aromatic N) is 3. The van der Waals surface area contributed by atoms with Crippen molar-refractivity contribution in [3.05, 3.63) is 35.9 Å². The Kier molecular flexibility index (Phi) is 5.03. The molecule has 3 unspecified atom stereocenters. The first-order valence-electron chi connectivity index (χ1n) is 23.5.